The van der Waals surface area contributed by atoms with Crippen molar-refractivity contribution in [3.05, 3.63) is 0 Å². The van der Waals surface area contributed by atoms with Gasteiger partial charge in [0.1, 0.15) is 6.04 Å². The fourth-order valence-corrected chi connectivity index (χ4v) is 1.75. The molecule has 1 unspecified atom stereocenters. The van der Waals surface area contributed by atoms with Crippen LogP contribution in [0, 0.1) is 11.3 Å². The number of hydrogen-bond acceptors (Lipinski definition) is 4. The average Bonchev–Trinajstić information content (AvgIpc) is 2.25. The summed E-state index contributed by atoms with van der Waals surface area (Å²) in [7, 11) is 1.23. The van der Waals surface area contributed by atoms with Gasteiger partial charge < -0.3 is 4.74 Å². The maximum absolute atomic E-state index is 12.9. The van der Waals surface area contributed by atoms with E-state index in [4.69, 9.17) is 5.26 Å². The van der Waals surface area contributed by atoms with E-state index >= 15 is 0 Å². The maximum atomic E-state index is 12.9. The molecule has 1 fully saturated rings. The summed E-state index contributed by atoms with van der Waals surface area (Å²) in [4.78, 5) is 12.9. The van der Waals surface area contributed by atoms with Crippen LogP contribution in [0.2, 0.25) is 0 Å². The number of piperidine rings is 1. The molecular formula is C10H14F2N2O2. The number of nitriles is 1. The highest BCUT2D eigenvalue weighted by Gasteiger charge is 2.38. The largest absolute Gasteiger partial charge is 0.468 e. The van der Waals surface area contributed by atoms with E-state index in [1.54, 1.807) is 4.90 Å². The van der Waals surface area contributed by atoms with E-state index in [2.05, 4.69) is 4.74 Å². The molecule has 0 radical (unpaired) electrons. The molecule has 1 aliphatic heterocycles. The molecule has 0 aliphatic carbocycles. The van der Waals surface area contributed by atoms with Gasteiger partial charge in [-0.25, -0.2) is 8.78 Å². The zero-order chi connectivity index (χ0) is 12.2. The van der Waals surface area contributed by atoms with Gasteiger partial charge in [0.05, 0.1) is 19.6 Å². The number of likely N-dealkylation sites (tertiary alicyclic amines) is 1. The van der Waals surface area contributed by atoms with Gasteiger partial charge in [0.2, 0.25) is 0 Å². The summed E-state index contributed by atoms with van der Waals surface area (Å²) in [5, 5.41) is 8.58. The van der Waals surface area contributed by atoms with Gasteiger partial charge in [-0.05, 0) is 0 Å². The number of rotatable bonds is 3. The molecule has 1 saturated heterocycles. The molecule has 0 bridgehead atoms. The number of ether oxygens (including phenoxy) is 1. The fourth-order valence-electron chi connectivity index (χ4n) is 1.75. The second-order valence-electron chi connectivity index (χ2n) is 3.79. The first kappa shape index (κ1) is 12.8. The first-order valence-corrected chi connectivity index (χ1v) is 5.07. The molecule has 0 aromatic carbocycles. The molecular weight excluding hydrogens is 218 g/mol. The molecule has 1 rings (SSSR count). The Hall–Kier alpha value is -1.22. The van der Waals surface area contributed by atoms with E-state index in [-0.39, 0.29) is 32.4 Å². The summed E-state index contributed by atoms with van der Waals surface area (Å²) in [5.74, 6) is -3.18. The van der Waals surface area contributed by atoms with Crippen LogP contribution in [0.15, 0.2) is 0 Å². The van der Waals surface area contributed by atoms with Crippen molar-refractivity contribution in [1.82, 2.24) is 4.90 Å². The molecule has 0 spiro atoms. The van der Waals surface area contributed by atoms with E-state index in [9.17, 15) is 13.6 Å². The molecule has 1 aliphatic rings. The summed E-state index contributed by atoms with van der Waals surface area (Å²) >= 11 is 0. The molecule has 0 saturated carbocycles. The third-order valence-electron chi connectivity index (χ3n) is 2.73. The predicted octanol–water partition coefficient (Wildman–Crippen LogP) is 1.17. The lowest BCUT2D eigenvalue weighted by atomic mass is 10.0. The number of carbonyl (C=O) groups is 1. The monoisotopic (exact) mass is 232 g/mol. The Balaban J connectivity index is 2.61. The molecule has 0 aromatic rings. The molecule has 16 heavy (non-hydrogen) atoms. The summed E-state index contributed by atoms with van der Waals surface area (Å²) in [6.45, 7) is 0.239. The van der Waals surface area contributed by atoms with Crippen LogP contribution < -0.4 is 0 Å². The number of carbonyl (C=O) groups excluding carboxylic acids is 1. The Morgan fingerprint density at radius 1 is 1.56 bits per heavy atom. The van der Waals surface area contributed by atoms with Crippen LogP contribution >= 0.6 is 0 Å². The lowest BCUT2D eigenvalue weighted by molar-refractivity contribution is -0.149. The fraction of sp³-hybridized carbons (Fsp3) is 0.800. The van der Waals surface area contributed by atoms with Crippen molar-refractivity contribution in [3.63, 3.8) is 0 Å². The summed E-state index contributed by atoms with van der Waals surface area (Å²) < 4.78 is 30.4. The van der Waals surface area contributed by atoms with Gasteiger partial charge in [0.15, 0.2) is 0 Å². The molecule has 0 N–H and O–H groups in total. The van der Waals surface area contributed by atoms with Crippen LogP contribution in [-0.4, -0.2) is 43.0 Å². The van der Waals surface area contributed by atoms with E-state index in [0.717, 1.165) is 0 Å². The number of halogens is 2. The lowest BCUT2D eigenvalue weighted by Crippen LogP contribution is -2.48. The van der Waals surface area contributed by atoms with Crippen molar-refractivity contribution in [3.8, 4) is 6.07 Å². The second kappa shape index (κ2) is 5.21. The van der Waals surface area contributed by atoms with Gasteiger partial charge in [-0.15, -0.1) is 0 Å². The average molecular weight is 232 g/mol. The van der Waals surface area contributed by atoms with Gasteiger partial charge >= 0.3 is 5.97 Å². The van der Waals surface area contributed by atoms with E-state index in [0.29, 0.717) is 0 Å². The topological polar surface area (TPSA) is 53.3 Å². The highest BCUT2D eigenvalue weighted by atomic mass is 19.3. The first-order valence-electron chi connectivity index (χ1n) is 5.07. The molecule has 1 atom stereocenters. The van der Waals surface area contributed by atoms with Crippen LogP contribution in [0.4, 0.5) is 8.78 Å². The smallest absolute Gasteiger partial charge is 0.324 e. The van der Waals surface area contributed by atoms with Crippen molar-refractivity contribution < 1.29 is 18.3 Å². The van der Waals surface area contributed by atoms with Gasteiger partial charge in [-0.3, -0.25) is 9.69 Å². The van der Waals surface area contributed by atoms with Gasteiger partial charge in [0, 0.05) is 25.9 Å². The standard InChI is InChI=1S/C10H14F2N2O2/c1-16-9(15)8(2-5-13)14-6-3-10(11,12)4-7-14/h8H,2-4,6-7H2,1H3. The highest BCUT2D eigenvalue weighted by molar-refractivity contribution is 5.76. The Labute approximate surface area is 92.8 Å². The van der Waals surface area contributed by atoms with Gasteiger partial charge in [0.25, 0.3) is 5.92 Å². The molecule has 4 nitrogen and oxygen atoms in total. The highest BCUT2D eigenvalue weighted by Crippen LogP contribution is 2.29. The first-order chi connectivity index (χ1) is 7.50. The minimum absolute atomic E-state index is 0.0295. The zero-order valence-corrected chi connectivity index (χ0v) is 9.08. The van der Waals surface area contributed by atoms with Crippen molar-refractivity contribution in [2.75, 3.05) is 20.2 Å². The van der Waals surface area contributed by atoms with Crippen molar-refractivity contribution in [1.29, 1.82) is 5.26 Å². The summed E-state index contributed by atoms with van der Waals surface area (Å²) in [6, 6.07) is 1.15. The van der Waals surface area contributed by atoms with E-state index < -0.39 is 17.9 Å². The van der Waals surface area contributed by atoms with Crippen LogP contribution in [-0.2, 0) is 9.53 Å². The molecule has 90 valence electrons. The Bertz CT molecular complexity index is 292. The molecule has 6 heteroatoms. The minimum Gasteiger partial charge on any atom is -0.468 e. The third-order valence-corrected chi connectivity index (χ3v) is 2.73. The van der Waals surface area contributed by atoms with Crippen LogP contribution in [0.3, 0.4) is 0 Å². The van der Waals surface area contributed by atoms with Gasteiger partial charge in [-0.2, -0.15) is 5.26 Å². The molecule has 0 amide bonds. The Kier molecular flexibility index (Phi) is 4.19. The van der Waals surface area contributed by atoms with Crippen LogP contribution in [0.25, 0.3) is 0 Å². The minimum atomic E-state index is -2.65. The molecule has 0 aromatic heterocycles. The van der Waals surface area contributed by atoms with Gasteiger partial charge in [-0.1, -0.05) is 0 Å². The number of hydrogen-bond donors (Lipinski definition) is 0. The Morgan fingerprint density at radius 3 is 2.56 bits per heavy atom. The third kappa shape index (κ3) is 3.14. The molecule has 1 heterocycles. The second-order valence-corrected chi connectivity index (χ2v) is 3.79. The number of nitrogens with zero attached hydrogens (tertiary/aromatic N) is 2. The van der Waals surface area contributed by atoms with Crippen LogP contribution in [0.5, 0.6) is 0 Å². The lowest BCUT2D eigenvalue weighted by Gasteiger charge is -2.35. The maximum Gasteiger partial charge on any atom is 0.324 e. The van der Waals surface area contributed by atoms with Crippen molar-refractivity contribution in [2.45, 2.75) is 31.2 Å². The van der Waals surface area contributed by atoms with E-state index in [1.807, 2.05) is 6.07 Å². The predicted molar refractivity (Wildman–Crippen MR) is 51.8 cm³/mol. The van der Waals surface area contributed by atoms with E-state index in [1.165, 1.54) is 7.11 Å². The van der Waals surface area contributed by atoms with Crippen LogP contribution in [0.1, 0.15) is 19.3 Å². The zero-order valence-electron chi connectivity index (χ0n) is 9.08. The quantitative estimate of drug-likeness (QED) is 0.685. The van der Waals surface area contributed by atoms with Crippen molar-refractivity contribution >= 4 is 5.97 Å². The Morgan fingerprint density at radius 2 is 2.12 bits per heavy atom. The van der Waals surface area contributed by atoms with Crippen molar-refractivity contribution in [2.24, 2.45) is 0 Å². The SMILES string of the molecule is COC(=O)C(CC#N)N1CCC(F)(F)CC1. The summed E-state index contributed by atoms with van der Waals surface area (Å²) in [5.41, 5.74) is 0. The number of esters is 1. The summed E-state index contributed by atoms with van der Waals surface area (Å²) in [6.07, 6.45) is -0.573. The number of methoxy groups -OCH3 is 1. The number of alkyl halides is 2. The normalized spacial score (nSPS) is 22.1.